The topological polar surface area (TPSA) is 175 Å². The Balaban J connectivity index is 2.79. The van der Waals surface area contributed by atoms with E-state index in [1.165, 1.54) is 38.5 Å². The maximum absolute atomic E-state index is 13.1. The van der Waals surface area contributed by atoms with Gasteiger partial charge in [-0.2, -0.15) is 0 Å². The number of carbonyl (C=O) groups is 4. The Morgan fingerprint density at radius 3 is 1.27 bits per heavy atom. The lowest BCUT2D eigenvalue weighted by molar-refractivity contribution is -0.301. The predicted octanol–water partition coefficient (Wildman–Crippen LogP) is 14.4. The van der Waals surface area contributed by atoms with Gasteiger partial charge in [-0.1, -0.05) is 206 Å². The van der Waals surface area contributed by atoms with Crippen LogP contribution in [0.1, 0.15) is 201 Å². The van der Waals surface area contributed by atoms with E-state index in [0.29, 0.717) is 32.1 Å². The summed E-state index contributed by atoms with van der Waals surface area (Å²) in [6.07, 6.45) is 56.2. The molecule has 0 amide bonds. The average Bonchev–Trinajstić information content (AvgIpc) is 3.39. The second-order valence-corrected chi connectivity index (χ2v) is 18.8. The summed E-state index contributed by atoms with van der Waals surface area (Å²) in [7, 11) is 0. The summed E-state index contributed by atoms with van der Waals surface area (Å²) < 4.78 is 28.2. The molecule has 1 aliphatic heterocycles. The molecular weight excluding hydrogens is 949 g/mol. The summed E-state index contributed by atoms with van der Waals surface area (Å²) in [5, 5.41) is 31.4. The number of hydrogen-bond acceptors (Lipinski definition) is 11. The van der Waals surface area contributed by atoms with Gasteiger partial charge >= 0.3 is 23.9 Å². The maximum atomic E-state index is 13.1. The normalized spacial score (nSPS) is 19.1. The number of unbranched alkanes of at least 4 members (excludes halogenated alkanes) is 12. The van der Waals surface area contributed by atoms with Crippen molar-refractivity contribution < 1.29 is 58.2 Å². The number of carbonyl (C=O) groups excluding carboxylic acids is 3. The zero-order valence-corrected chi connectivity index (χ0v) is 46.2. The molecule has 0 aromatic carbocycles. The SMILES string of the molecule is CC/C=C\C/C=C\C/C=C\C/C=C\C/C=C\CCCC(=O)OCC(COC1OC(C(=O)O)C(O)C(O)C1OC(=O)CCCCCCCCCCCCC)OC(=O)CCC/C=C\C/C=C\C/C=C\C/C=C\C/C=C\CC. The molecule has 1 heterocycles. The predicted molar refractivity (Wildman–Crippen MR) is 303 cm³/mol. The summed E-state index contributed by atoms with van der Waals surface area (Å²) in [6.45, 7) is 5.63. The van der Waals surface area contributed by atoms with Crippen molar-refractivity contribution in [1.82, 2.24) is 0 Å². The van der Waals surface area contributed by atoms with Gasteiger partial charge in [-0.25, -0.2) is 4.79 Å². The van der Waals surface area contributed by atoms with E-state index < -0.39 is 67.3 Å². The van der Waals surface area contributed by atoms with Crippen LogP contribution in [-0.4, -0.2) is 89.2 Å². The van der Waals surface area contributed by atoms with Crippen molar-refractivity contribution in [2.75, 3.05) is 13.2 Å². The van der Waals surface area contributed by atoms with Crippen molar-refractivity contribution in [2.24, 2.45) is 0 Å². The van der Waals surface area contributed by atoms with Gasteiger partial charge in [-0.05, 0) is 96.3 Å². The van der Waals surface area contributed by atoms with E-state index in [1.54, 1.807) is 0 Å². The number of rotatable bonds is 46. The molecule has 1 rings (SSSR count). The minimum atomic E-state index is -1.92. The third-order valence-corrected chi connectivity index (χ3v) is 12.0. The van der Waals surface area contributed by atoms with Crippen LogP contribution >= 0.6 is 0 Å². The standard InChI is InChI=1S/C63H98O12/c1-4-7-10-13-16-19-22-24-26-28-30-32-35-37-40-43-46-49-55(64)71-52-54(73-56(65)50-47-44-41-39-36-33-31-29-27-25-23-20-17-14-11-8-5-2)53-72-63-61(59(68)58(67)60(75-63)62(69)70)74-57(66)51-48-45-42-38-34-21-18-15-12-9-6-3/h7-8,10-11,16-17,19-20,24-27,30-33,37,39-41,54,58-61,63,67-68H,4-6,9,12-15,18,21-23,28-29,34-36,38,42-53H2,1-3H3,(H,69,70)/b10-7-,11-8-,19-16-,20-17-,26-24-,27-25-,32-30-,33-31-,40-37-,41-39-. The van der Waals surface area contributed by atoms with Crippen molar-refractivity contribution in [3.63, 3.8) is 0 Å². The molecule has 0 saturated carbocycles. The lowest BCUT2D eigenvalue weighted by Gasteiger charge is -2.40. The summed E-state index contributed by atoms with van der Waals surface area (Å²) in [5.74, 6) is -3.30. The fourth-order valence-electron chi connectivity index (χ4n) is 7.73. The van der Waals surface area contributed by atoms with Crippen LogP contribution in [0.5, 0.6) is 0 Å². The van der Waals surface area contributed by atoms with Crippen molar-refractivity contribution in [2.45, 2.75) is 237 Å². The lowest BCUT2D eigenvalue weighted by Crippen LogP contribution is -2.61. The first-order valence-corrected chi connectivity index (χ1v) is 28.5. The molecule has 1 fully saturated rings. The fraction of sp³-hybridized carbons (Fsp3) is 0.619. The monoisotopic (exact) mass is 1050 g/mol. The smallest absolute Gasteiger partial charge is 0.335 e. The van der Waals surface area contributed by atoms with E-state index in [1.807, 2.05) is 24.3 Å². The van der Waals surface area contributed by atoms with Crippen LogP contribution in [0.25, 0.3) is 0 Å². The highest BCUT2D eigenvalue weighted by Gasteiger charge is 2.50. The zero-order valence-electron chi connectivity index (χ0n) is 46.2. The van der Waals surface area contributed by atoms with Gasteiger partial charge in [0.15, 0.2) is 24.6 Å². The number of allylic oxidation sites excluding steroid dienone is 20. The fourth-order valence-corrected chi connectivity index (χ4v) is 7.73. The Bertz CT molecular complexity index is 1770. The Labute approximate surface area is 452 Å². The van der Waals surface area contributed by atoms with Gasteiger partial charge in [0, 0.05) is 19.3 Å². The number of aliphatic hydroxyl groups excluding tert-OH is 2. The van der Waals surface area contributed by atoms with E-state index in [2.05, 4.69) is 118 Å². The second-order valence-electron chi connectivity index (χ2n) is 18.8. The third-order valence-electron chi connectivity index (χ3n) is 12.0. The third kappa shape index (κ3) is 40.1. The van der Waals surface area contributed by atoms with Crippen LogP contribution in [0.4, 0.5) is 0 Å². The molecule has 422 valence electrons. The van der Waals surface area contributed by atoms with E-state index in [0.717, 1.165) is 89.9 Å². The first-order chi connectivity index (χ1) is 36.6. The van der Waals surface area contributed by atoms with Crippen molar-refractivity contribution in [3.05, 3.63) is 122 Å². The van der Waals surface area contributed by atoms with Gasteiger partial charge in [0.05, 0.1) is 6.61 Å². The summed E-state index contributed by atoms with van der Waals surface area (Å²) in [4.78, 5) is 51.0. The summed E-state index contributed by atoms with van der Waals surface area (Å²) in [5.41, 5.74) is 0. The number of esters is 3. The summed E-state index contributed by atoms with van der Waals surface area (Å²) >= 11 is 0. The Morgan fingerprint density at radius 2 is 0.840 bits per heavy atom. The lowest BCUT2D eigenvalue weighted by atomic mass is 9.98. The van der Waals surface area contributed by atoms with Crippen LogP contribution in [0.3, 0.4) is 0 Å². The number of ether oxygens (including phenoxy) is 5. The maximum Gasteiger partial charge on any atom is 0.335 e. The number of aliphatic hydroxyl groups is 2. The minimum absolute atomic E-state index is 0.0440. The molecule has 3 N–H and O–H groups in total. The minimum Gasteiger partial charge on any atom is -0.479 e. The quantitative estimate of drug-likeness (QED) is 0.0228. The molecule has 0 aliphatic carbocycles. The molecule has 0 radical (unpaired) electrons. The molecule has 75 heavy (non-hydrogen) atoms. The molecule has 6 atom stereocenters. The largest absolute Gasteiger partial charge is 0.479 e. The molecule has 6 unspecified atom stereocenters. The Hall–Kier alpha value is -4.88. The number of carboxylic acid groups (broad SMARTS) is 1. The highest BCUT2D eigenvalue weighted by Crippen LogP contribution is 2.26. The van der Waals surface area contributed by atoms with Crippen LogP contribution in [0.2, 0.25) is 0 Å². The first-order valence-electron chi connectivity index (χ1n) is 28.5. The van der Waals surface area contributed by atoms with E-state index in [-0.39, 0.29) is 25.9 Å². The second kappa shape index (κ2) is 50.0. The van der Waals surface area contributed by atoms with Gasteiger partial charge < -0.3 is 39.0 Å². The number of aliphatic carboxylic acids is 1. The molecule has 12 nitrogen and oxygen atoms in total. The molecule has 1 saturated heterocycles. The molecular formula is C63H98O12. The van der Waals surface area contributed by atoms with Crippen molar-refractivity contribution in [3.8, 4) is 0 Å². The van der Waals surface area contributed by atoms with Crippen LogP contribution < -0.4 is 0 Å². The molecule has 0 aromatic heterocycles. The van der Waals surface area contributed by atoms with Crippen LogP contribution in [-0.2, 0) is 42.9 Å². The van der Waals surface area contributed by atoms with E-state index >= 15 is 0 Å². The molecule has 12 heteroatoms. The van der Waals surface area contributed by atoms with Crippen LogP contribution in [0, 0.1) is 0 Å². The Kier molecular flexibility index (Phi) is 45.4. The van der Waals surface area contributed by atoms with Gasteiger partial charge in [0.2, 0.25) is 0 Å². The van der Waals surface area contributed by atoms with Gasteiger partial charge in [-0.15, -0.1) is 0 Å². The van der Waals surface area contributed by atoms with Gasteiger partial charge in [0.1, 0.15) is 18.8 Å². The number of hydrogen-bond donors (Lipinski definition) is 3. The van der Waals surface area contributed by atoms with Gasteiger partial charge in [0.25, 0.3) is 0 Å². The molecule has 0 aromatic rings. The van der Waals surface area contributed by atoms with Crippen molar-refractivity contribution >= 4 is 23.9 Å². The Morgan fingerprint density at radius 1 is 0.453 bits per heavy atom. The highest BCUT2D eigenvalue weighted by atomic mass is 16.7. The van der Waals surface area contributed by atoms with Gasteiger partial charge in [-0.3, -0.25) is 14.4 Å². The van der Waals surface area contributed by atoms with Crippen LogP contribution in [0.15, 0.2) is 122 Å². The molecule has 0 bridgehead atoms. The first kappa shape index (κ1) is 68.1. The number of carboxylic acids is 1. The summed E-state index contributed by atoms with van der Waals surface area (Å²) in [6, 6.07) is 0. The zero-order chi connectivity index (χ0) is 54.7. The molecule has 1 aliphatic rings. The van der Waals surface area contributed by atoms with E-state index in [4.69, 9.17) is 23.7 Å². The highest BCUT2D eigenvalue weighted by molar-refractivity contribution is 5.74. The van der Waals surface area contributed by atoms with Crippen molar-refractivity contribution in [1.29, 1.82) is 0 Å². The molecule has 0 spiro atoms. The average molecular weight is 1050 g/mol. The van der Waals surface area contributed by atoms with E-state index in [9.17, 15) is 34.5 Å².